The number of amides is 3. The lowest BCUT2D eigenvalue weighted by atomic mass is 10.0. The third kappa shape index (κ3) is 7.79. The van der Waals surface area contributed by atoms with Crippen molar-refractivity contribution in [3.63, 3.8) is 0 Å². The summed E-state index contributed by atoms with van der Waals surface area (Å²) in [7, 11) is 1.90. The average Bonchev–Trinajstić information content (AvgIpc) is 3.05. The lowest BCUT2D eigenvalue weighted by molar-refractivity contribution is -0.147. The first-order valence-corrected chi connectivity index (χ1v) is 11.2. The Kier molecular flexibility index (Phi) is 9.05. The van der Waals surface area contributed by atoms with E-state index in [1.807, 2.05) is 42.1 Å². The second-order valence-electron chi connectivity index (χ2n) is 9.00. The van der Waals surface area contributed by atoms with E-state index in [2.05, 4.69) is 10.6 Å². The van der Waals surface area contributed by atoms with Crippen LogP contribution in [0.4, 0.5) is 4.79 Å². The fourth-order valence-corrected chi connectivity index (χ4v) is 3.52. The van der Waals surface area contributed by atoms with Crippen molar-refractivity contribution in [2.75, 3.05) is 6.61 Å². The van der Waals surface area contributed by atoms with Crippen LogP contribution in [0.15, 0.2) is 30.5 Å². The number of aromatic nitrogens is 1. The zero-order valence-corrected chi connectivity index (χ0v) is 20.3. The monoisotopic (exact) mass is 474 g/mol. The summed E-state index contributed by atoms with van der Waals surface area (Å²) in [5, 5.41) is 6.09. The number of primary amides is 1. The minimum atomic E-state index is -1.13. The Labute approximate surface area is 199 Å². The maximum atomic E-state index is 13.1. The predicted molar refractivity (Wildman–Crippen MR) is 127 cm³/mol. The molecule has 0 aliphatic carbocycles. The largest absolute Gasteiger partial charge is 0.464 e. The molecule has 0 bridgehead atoms. The third-order valence-corrected chi connectivity index (χ3v) is 4.98. The number of nitrogens with one attached hydrogen (secondary N) is 2. The van der Waals surface area contributed by atoms with Crippen LogP contribution in [0.2, 0.25) is 0 Å². The third-order valence-electron chi connectivity index (χ3n) is 4.98. The average molecular weight is 475 g/mol. The molecular weight excluding hydrogens is 440 g/mol. The van der Waals surface area contributed by atoms with Crippen LogP contribution in [-0.4, -0.2) is 52.7 Å². The normalized spacial score (nSPS) is 13.1. The van der Waals surface area contributed by atoms with Crippen molar-refractivity contribution < 1.29 is 28.7 Å². The van der Waals surface area contributed by atoms with Gasteiger partial charge in [-0.3, -0.25) is 9.59 Å². The molecule has 4 N–H and O–H groups in total. The van der Waals surface area contributed by atoms with Gasteiger partial charge < -0.3 is 30.4 Å². The van der Waals surface area contributed by atoms with E-state index in [-0.39, 0.29) is 25.9 Å². The number of carbonyl (C=O) groups excluding carboxylic acids is 4. The number of aryl methyl sites for hydroxylation is 1. The van der Waals surface area contributed by atoms with Crippen molar-refractivity contribution in [3.05, 3.63) is 36.0 Å². The van der Waals surface area contributed by atoms with Crippen LogP contribution in [0.3, 0.4) is 0 Å². The summed E-state index contributed by atoms with van der Waals surface area (Å²) in [6.45, 7) is 6.88. The van der Waals surface area contributed by atoms with Crippen LogP contribution in [0.5, 0.6) is 0 Å². The van der Waals surface area contributed by atoms with E-state index in [1.54, 1.807) is 27.7 Å². The van der Waals surface area contributed by atoms with Crippen molar-refractivity contribution in [2.45, 2.75) is 64.6 Å². The molecule has 1 aromatic carbocycles. The Hall–Kier alpha value is -3.56. The number of rotatable bonds is 10. The van der Waals surface area contributed by atoms with Crippen molar-refractivity contribution in [1.82, 2.24) is 15.2 Å². The second kappa shape index (κ2) is 11.5. The molecule has 10 nitrogen and oxygen atoms in total. The van der Waals surface area contributed by atoms with E-state index < -0.39 is 41.6 Å². The summed E-state index contributed by atoms with van der Waals surface area (Å²) in [6.07, 6.45) is 1.07. The number of benzene rings is 1. The molecule has 186 valence electrons. The van der Waals surface area contributed by atoms with E-state index in [0.29, 0.717) is 0 Å². The van der Waals surface area contributed by atoms with Gasteiger partial charge in [0.2, 0.25) is 11.8 Å². The first-order chi connectivity index (χ1) is 15.9. The fraction of sp³-hybridized carbons (Fsp3) is 0.500. The highest BCUT2D eigenvalue weighted by molar-refractivity contribution is 5.91. The van der Waals surface area contributed by atoms with Crippen molar-refractivity contribution in [3.8, 4) is 0 Å². The molecule has 0 saturated carbocycles. The highest BCUT2D eigenvalue weighted by Gasteiger charge is 2.30. The molecule has 1 aromatic heterocycles. The van der Waals surface area contributed by atoms with Gasteiger partial charge in [0.25, 0.3) is 0 Å². The number of hydrogen-bond acceptors (Lipinski definition) is 6. The number of nitrogens with two attached hydrogens (primary N) is 1. The maximum absolute atomic E-state index is 13.1. The fourth-order valence-electron chi connectivity index (χ4n) is 3.52. The Morgan fingerprint density at radius 2 is 1.76 bits per heavy atom. The first kappa shape index (κ1) is 26.7. The van der Waals surface area contributed by atoms with E-state index in [4.69, 9.17) is 15.2 Å². The zero-order valence-electron chi connectivity index (χ0n) is 20.3. The van der Waals surface area contributed by atoms with Gasteiger partial charge in [-0.2, -0.15) is 0 Å². The van der Waals surface area contributed by atoms with Crippen LogP contribution < -0.4 is 16.4 Å². The smallest absolute Gasteiger partial charge is 0.408 e. The minimum absolute atomic E-state index is 0.0514. The van der Waals surface area contributed by atoms with E-state index in [1.165, 1.54) is 0 Å². The van der Waals surface area contributed by atoms with Gasteiger partial charge in [0, 0.05) is 37.0 Å². The summed E-state index contributed by atoms with van der Waals surface area (Å²) in [4.78, 5) is 49.3. The molecular formula is C24H34N4O6. The number of ether oxygens (including phenoxy) is 2. The zero-order chi connectivity index (χ0) is 25.5. The number of hydrogen-bond donors (Lipinski definition) is 3. The summed E-state index contributed by atoms with van der Waals surface area (Å²) >= 11 is 0. The van der Waals surface area contributed by atoms with Gasteiger partial charge in [0.15, 0.2) is 0 Å². The van der Waals surface area contributed by atoms with Crippen molar-refractivity contribution in [2.24, 2.45) is 12.8 Å². The van der Waals surface area contributed by atoms with Gasteiger partial charge in [-0.25, -0.2) is 9.59 Å². The van der Waals surface area contributed by atoms with Gasteiger partial charge >= 0.3 is 12.1 Å². The lowest BCUT2D eigenvalue weighted by Crippen LogP contribution is -2.53. The van der Waals surface area contributed by atoms with Crippen LogP contribution >= 0.6 is 0 Å². The van der Waals surface area contributed by atoms with Gasteiger partial charge in [0.05, 0.1) is 6.61 Å². The van der Waals surface area contributed by atoms with Crippen LogP contribution in [0, 0.1) is 0 Å². The summed E-state index contributed by atoms with van der Waals surface area (Å²) in [5.74, 6) is -1.87. The molecule has 0 spiro atoms. The summed E-state index contributed by atoms with van der Waals surface area (Å²) in [5.41, 5.74) is 6.28. The molecule has 0 fully saturated rings. The Bertz CT molecular complexity index is 1040. The number of carbonyl (C=O) groups is 4. The van der Waals surface area contributed by atoms with Crippen LogP contribution in [0.1, 0.15) is 46.1 Å². The number of para-hydroxylation sites is 1. The van der Waals surface area contributed by atoms with Gasteiger partial charge in [0.1, 0.15) is 17.7 Å². The number of fused-ring (bicyclic) bond motifs is 1. The molecule has 2 rings (SSSR count). The molecule has 1 unspecified atom stereocenters. The van der Waals surface area contributed by atoms with Gasteiger partial charge in [-0.1, -0.05) is 18.2 Å². The van der Waals surface area contributed by atoms with Crippen LogP contribution in [-0.2, 0) is 37.3 Å². The van der Waals surface area contributed by atoms with Gasteiger partial charge in [-0.15, -0.1) is 0 Å². The molecule has 2 atom stereocenters. The van der Waals surface area contributed by atoms with E-state index in [0.717, 1.165) is 16.5 Å². The topological polar surface area (TPSA) is 142 Å². The minimum Gasteiger partial charge on any atom is -0.464 e. The Balaban J connectivity index is 2.25. The SMILES string of the molecule is CCOC(=O)[C@@H](Cc1cn(C)c2ccccc12)NC(=O)C(CCC(N)=O)NC(=O)OC(C)(C)C. The molecule has 0 aliphatic rings. The summed E-state index contributed by atoms with van der Waals surface area (Å²) < 4.78 is 12.3. The highest BCUT2D eigenvalue weighted by Crippen LogP contribution is 2.22. The van der Waals surface area contributed by atoms with Crippen molar-refractivity contribution >= 4 is 34.8 Å². The van der Waals surface area contributed by atoms with Gasteiger partial charge in [-0.05, 0) is 45.7 Å². The van der Waals surface area contributed by atoms with Crippen molar-refractivity contribution in [1.29, 1.82) is 0 Å². The molecule has 3 amide bonds. The molecule has 2 aromatic rings. The van der Waals surface area contributed by atoms with Crippen LogP contribution in [0.25, 0.3) is 10.9 Å². The summed E-state index contributed by atoms with van der Waals surface area (Å²) in [6, 6.07) is 5.58. The molecule has 0 radical (unpaired) electrons. The Morgan fingerprint density at radius 3 is 2.38 bits per heavy atom. The number of esters is 1. The maximum Gasteiger partial charge on any atom is 0.408 e. The predicted octanol–water partition coefficient (Wildman–Crippen LogP) is 1.93. The van der Waals surface area contributed by atoms with E-state index >= 15 is 0 Å². The second-order valence-corrected chi connectivity index (χ2v) is 9.00. The number of nitrogens with zero attached hydrogens (tertiary/aromatic N) is 1. The molecule has 1 heterocycles. The standard InChI is InChI=1S/C24H34N4O6/c1-6-33-22(31)18(13-15-14-28(5)19-10-8-7-9-16(15)19)26-21(30)17(11-12-20(25)29)27-23(32)34-24(2,3)4/h7-10,14,17-18H,6,11-13H2,1-5H3,(H2,25,29)(H,26,30)(H,27,32)/t17?,18-/m1/s1. The lowest BCUT2D eigenvalue weighted by Gasteiger charge is -2.25. The molecule has 0 saturated heterocycles. The quantitative estimate of drug-likeness (QED) is 0.449. The molecule has 34 heavy (non-hydrogen) atoms. The molecule has 10 heteroatoms. The highest BCUT2D eigenvalue weighted by atomic mass is 16.6. The molecule has 0 aliphatic heterocycles. The Morgan fingerprint density at radius 1 is 1.09 bits per heavy atom. The number of alkyl carbamates (subject to hydrolysis) is 1. The van der Waals surface area contributed by atoms with E-state index in [9.17, 15) is 19.2 Å². The first-order valence-electron chi connectivity index (χ1n) is 11.2.